The van der Waals surface area contributed by atoms with E-state index in [0.717, 1.165) is 41.4 Å². The molecule has 1 aromatic rings. The van der Waals surface area contributed by atoms with Gasteiger partial charge in [-0.05, 0) is 50.6 Å². The van der Waals surface area contributed by atoms with Crippen LogP contribution in [0.25, 0.3) is 0 Å². The molecule has 0 aliphatic rings. The number of nitrogens with one attached hydrogen (secondary N) is 1. The van der Waals surface area contributed by atoms with E-state index >= 15 is 0 Å². The minimum absolute atomic E-state index is 0.780. The molecule has 14 heavy (non-hydrogen) atoms. The van der Waals surface area contributed by atoms with E-state index in [1.807, 2.05) is 25.2 Å². The van der Waals surface area contributed by atoms with Gasteiger partial charge in [0, 0.05) is 10.0 Å². The molecule has 0 aromatic heterocycles. The van der Waals surface area contributed by atoms with Crippen LogP contribution in [0.1, 0.15) is 18.4 Å². The average molecular weight is 232 g/mol. The van der Waals surface area contributed by atoms with Gasteiger partial charge in [0.1, 0.15) is 0 Å². The first kappa shape index (κ1) is 11.8. The molecule has 0 spiro atoms. The summed E-state index contributed by atoms with van der Waals surface area (Å²) >= 11 is 12.1. The molecule has 0 saturated carbocycles. The highest BCUT2D eigenvalue weighted by Gasteiger charge is 2.04. The maximum atomic E-state index is 6.04. The maximum absolute atomic E-state index is 6.04. The predicted octanol–water partition coefficient (Wildman–Crippen LogP) is 3.54. The van der Waals surface area contributed by atoms with Crippen LogP contribution in [-0.4, -0.2) is 13.6 Å². The first-order chi connectivity index (χ1) is 6.75. The Morgan fingerprint density at radius 1 is 1.14 bits per heavy atom. The van der Waals surface area contributed by atoms with Crippen LogP contribution in [0.15, 0.2) is 18.2 Å². The third kappa shape index (κ3) is 3.49. The maximum Gasteiger partial charge on any atom is 0.0452 e. The van der Waals surface area contributed by atoms with E-state index in [0.29, 0.717) is 0 Å². The number of benzene rings is 1. The van der Waals surface area contributed by atoms with Crippen LogP contribution in [0.2, 0.25) is 10.0 Å². The van der Waals surface area contributed by atoms with Gasteiger partial charge in [0.25, 0.3) is 0 Å². The van der Waals surface area contributed by atoms with Crippen LogP contribution < -0.4 is 5.32 Å². The molecule has 78 valence electrons. The van der Waals surface area contributed by atoms with Gasteiger partial charge < -0.3 is 5.32 Å². The summed E-state index contributed by atoms with van der Waals surface area (Å²) in [6.45, 7) is 1.04. The molecule has 0 amide bonds. The van der Waals surface area contributed by atoms with Crippen molar-refractivity contribution in [2.75, 3.05) is 13.6 Å². The highest BCUT2D eigenvalue weighted by Crippen LogP contribution is 2.25. The molecule has 0 fully saturated rings. The quantitative estimate of drug-likeness (QED) is 0.765. The van der Waals surface area contributed by atoms with Gasteiger partial charge in [-0.25, -0.2) is 0 Å². The lowest BCUT2D eigenvalue weighted by Gasteiger charge is -2.06. The Morgan fingerprint density at radius 2 is 1.79 bits per heavy atom. The van der Waals surface area contributed by atoms with Crippen molar-refractivity contribution in [3.8, 4) is 0 Å². The highest BCUT2D eigenvalue weighted by atomic mass is 35.5. The van der Waals surface area contributed by atoms with Gasteiger partial charge in [-0.3, -0.25) is 0 Å². The lowest BCUT2D eigenvalue weighted by atomic mass is 10.1. The van der Waals surface area contributed by atoms with Crippen molar-refractivity contribution in [3.05, 3.63) is 33.8 Å². The fourth-order valence-electron chi connectivity index (χ4n) is 1.37. The Bertz CT molecular complexity index is 266. The molecule has 1 rings (SSSR count). The number of halogens is 2. The van der Waals surface area contributed by atoms with Crippen molar-refractivity contribution in [1.29, 1.82) is 0 Å². The summed E-state index contributed by atoms with van der Waals surface area (Å²) in [5.41, 5.74) is 1.08. The molecule has 0 atom stereocenters. The minimum Gasteiger partial charge on any atom is -0.320 e. The molecule has 0 bridgehead atoms. The summed E-state index contributed by atoms with van der Waals surface area (Å²) in [4.78, 5) is 0. The SMILES string of the molecule is CNCCCCc1c(Cl)cccc1Cl. The number of hydrogen-bond donors (Lipinski definition) is 1. The van der Waals surface area contributed by atoms with Gasteiger partial charge >= 0.3 is 0 Å². The van der Waals surface area contributed by atoms with Gasteiger partial charge in [0.05, 0.1) is 0 Å². The molecule has 1 nitrogen and oxygen atoms in total. The van der Waals surface area contributed by atoms with Gasteiger partial charge in [0.15, 0.2) is 0 Å². The topological polar surface area (TPSA) is 12.0 Å². The summed E-state index contributed by atoms with van der Waals surface area (Å²) in [6, 6.07) is 5.66. The second-order valence-electron chi connectivity index (χ2n) is 3.26. The number of hydrogen-bond acceptors (Lipinski definition) is 1. The largest absolute Gasteiger partial charge is 0.320 e. The zero-order valence-corrected chi connectivity index (χ0v) is 9.83. The minimum atomic E-state index is 0.780. The Kier molecular flexibility index (Phi) is 5.31. The summed E-state index contributed by atoms with van der Waals surface area (Å²) in [5.74, 6) is 0. The summed E-state index contributed by atoms with van der Waals surface area (Å²) in [7, 11) is 1.96. The Labute approximate surface area is 95.4 Å². The molecule has 0 aliphatic heterocycles. The molecule has 0 heterocycles. The van der Waals surface area contributed by atoms with E-state index in [1.165, 1.54) is 0 Å². The Morgan fingerprint density at radius 3 is 2.36 bits per heavy atom. The van der Waals surface area contributed by atoms with Crippen LogP contribution in [0.3, 0.4) is 0 Å². The molecule has 0 unspecified atom stereocenters. The van der Waals surface area contributed by atoms with Gasteiger partial charge in [-0.15, -0.1) is 0 Å². The van der Waals surface area contributed by atoms with Crippen LogP contribution in [0.4, 0.5) is 0 Å². The van der Waals surface area contributed by atoms with Crippen LogP contribution in [0, 0.1) is 0 Å². The number of unbranched alkanes of at least 4 members (excludes halogenated alkanes) is 1. The molecule has 0 radical (unpaired) electrons. The van der Waals surface area contributed by atoms with E-state index in [2.05, 4.69) is 5.32 Å². The second-order valence-corrected chi connectivity index (χ2v) is 4.08. The number of rotatable bonds is 5. The smallest absolute Gasteiger partial charge is 0.0452 e. The molecule has 0 saturated heterocycles. The lowest BCUT2D eigenvalue weighted by molar-refractivity contribution is 0.677. The van der Waals surface area contributed by atoms with Crippen molar-refractivity contribution in [1.82, 2.24) is 5.32 Å². The van der Waals surface area contributed by atoms with E-state index in [9.17, 15) is 0 Å². The zero-order valence-electron chi connectivity index (χ0n) is 8.32. The van der Waals surface area contributed by atoms with Gasteiger partial charge in [0.2, 0.25) is 0 Å². The molecule has 0 aliphatic carbocycles. The van der Waals surface area contributed by atoms with Crippen molar-refractivity contribution in [2.45, 2.75) is 19.3 Å². The summed E-state index contributed by atoms with van der Waals surface area (Å²) < 4.78 is 0. The van der Waals surface area contributed by atoms with E-state index in [-0.39, 0.29) is 0 Å². The molecule has 1 N–H and O–H groups in total. The van der Waals surface area contributed by atoms with Crippen LogP contribution >= 0.6 is 23.2 Å². The van der Waals surface area contributed by atoms with E-state index in [1.54, 1.807) is 0 Å². The first-order valence-corrected chi connectivity index (χ1v) is 5.59. The average Bonchev–Trinajstić information content (AvgIpc) is 2.16. The third-order valence-electron chi connectivity index (χ3n) is 2.17. The van der Waals surface area contributed by atoms with Crippen molar-refractivity contribution < 1.29 is 0 Å². The second kappa shape index (κ2) is 6.28. The third-order valence-corrected chi connectivity index (χ3v) is 2.87. The van der Waals surface area contributed by atoms with E-state index in [4.69, 9.17) is 23.2 Å². The first-order valence-electron chi connectivity index (χ1n) is 4.83. The highest BCUT2D eigenvalue weighted by molar-refractivity contribution is 6.35. The fourth-order valence-corrected chi connectivity index (χ4v) is 1.96. The molecule has 1 aromatic carbocycles. The standard InChI is InChI=1S/C11H15Cl2N/c1-14-8-3-2-5-9-10(12)6-4-7-11(9)13/h4,6-7,14H,2-3,5,8H2,1H3. The zero-order chi connectivity index (χ0) is 10.4. The van der Waals surface area contributed by atoms with Gasteiger partial charge in [-0.1, -0.05) is 29.3 Å². The lowest BCUT2D eigenvalue weighted by Crippen LogP contribution is -2.07. The van der Waals surface area contributed by atoms with Gasteiger partial charge in [-0.2, -0.15) is 0 Å². The predicted molar refractivity (Wildman–Crippen MR) is 63.3 cm³/mol. The Hall–Kier alpha value is -0.240. The van der Waals surface area contributed by atoms with Crippen molar-refractivity contribution >= 4 is 23.2 Å². The molecular formula is C11H15Cl2N. The summed E-state index contributed by atoms with van der Waals surface area (Å²) in [6.07, 6.45) is 3.22. The summed E-state index contributed by atoms with van der Waals surface area (Å²) in [5, 5.41) is 4.68. The Balaban J connectivity index is 2.49. The van der Waals surface area contributed by atoms with Crippen molar-refractivity contribution in [2.24, 2.45) is 0 Å². The van der Waals surface area contributed by atoms with E-state index < -0.39 is 0 Å². The fraction of sp³-hybridized carbons (Fsp3) is 0.455. The normalized spacial score (nSPS) is 10.5. The van der Waals surface area contributed by atoms with Crippen LogP contribution in [-0.2, 0) is 6.42 Å². The molecular weight excluding hydrogens is 217 g/mol. The molecule has 3 heteroatoms. The van der Waals surface area contributed by atoms with Crippen LogP contribution in [0.5, 0.6) is 0 Å². The van der Waals surface area contributed by atoms with Crippen molar-refractivity contribution in [3.63, 3.8) is 0 Å². The monoisotopic (exact) mass is 231 g/mol.